The van der Waals surface area contributed by atoms with Gasteiger partial charge in [0.15, 0.2) is 5.57 Å². The van der Waals surface area contributed by atoms with Crippen LogP contribution in [0.1, 0.15) is 6.92 Å². The van der Waals surface area contributed by atoms with Crippen LogP contribution in [0.25, 0.3) is 11.8 Å². The third-order valence-electron chi connectivity index (χ3n) is 5.22. The van der Waals surface area contributed by atoms with Crippen LogP contribution in [0.5, 0.6) is 0 Å². The molecule has 0 unspecified atom stereocenters. The van der Waals surface area contributed by atoms with E-state index in [9.17, 15) is 19.6 Å². The molecule has 0 aliphatic carbocycles. The van der Waals surface area contributed by atoms with Crippen LogP contribution in [0.4, 0.5) is 17.1 Å². The van der Waals surface area contributed by atoms with Crippen LogP contribution in [-0.4, -0.2) is 36.5 Å². The summed E-state index contributed by atoms with van der Waals surface area (Å²) in [5, 5.41) is 17.9. The summed E-state index contributed by atoms with van der Waals surface area (Å²) in [6.07, 6.45) is 6.69. The number of rotatable bonds is 9. The number of nitrogens with one attached hydrogen (secondary N) is 3. The first-order chi connectivity index (χ1) is 17.9. The zero-order chi connectivity index (χ0) is 26.8. The van der Waals surface area contributed by atoms with Crippen LogP contribution in [0.3, 0.4) is 0 Å². The van der Waals surface area contributed by atoms with Crippen LogP contribution >= 0.6 is 11.3 Å². The second kappa shape index (κ2) is 12.8. The number of carbonyl (C=O) groups excluding carboxylic acids is 2. The van der Waals surface area contributed by atoms with Crippen molar-refractivity contribution in [3.63, 3.8) is 0 Å². The third-order valence-corrected chi connectivity index (χ3v) is 6.35. The number of nitriles is 1. The van der Waals surface area contributed by atoms with E-state index in [0.717, 1.165) is 17.0 Å². The first-order valence-electron chi connectivity index (χ1n) is 11.4. The molecule has 0 aliphatic rings. The second-order valence-corrected chi connectivity index (χ2v) is 8.83. The summed E-state index contributed by atoms with van der Waals surface area (Å²) in [5.74, 6) is 1.47. The van der Waals surface area contributed by atoms with Gasteiger partial charge in [-0.15, -0.1) is 17.8 Å². The predicted octanol–water partition coefficient (Wildman–Crippen LogP) is 1.28. The van der Waals surface area contributed by atoms with E-state index in [1.165, 1.54) is 10.8 Å². The van der Waals surface area contributed by atoms with Crippen LogP contribution in [0.15, 0.2) is 59.4 Å². The lowest BCUT2D eigenvalue weighted by atomic mass is 10.2. The summed E-state index contributed by atoms with van der Waals surface area (Å²) in [6.45, 7) is 2.19. The summed E-state index contributed by atoms with van der Waals surface area (Å²) in [7, 11) is 1.84. The highest BCUT2D eigenvalue weighted by atomic mass is 32.1. The van der Waals surface area contributed by atoms with Crippen molar-refractivity contribution in [2.45, 2.75) is 13.5 Å². The summed E-state index contributed by atoms with van der Waals surface area (Å²) < 4.78 is 1.93. The highest BCUT2D eigenvalue weighted by molar-refractivity contribution is 7.07. The Morgan fingerprint density at radius 1 is 1.16 bits per heavy atom. The molecule has 37 heavy (non-hydrogen) atoms. The molecule has 0 aliphatic heterocycles. The first kappa shape index (κ1) is 26.8. The van der Waals surface area contributed by atoms with Gasteiger partial charge < -0.3 is 20.9 Å². The van der Waals surface area contributed by atoms with Gasteiger partial charge in [0.1, 0.15) is 15.3 Å². The molecule has 0 saturated carbocycles. The van der Waals surface area contributed by atoms with Crippen LogP contribution < -0.4 is 35.6 Å². The van der Waals surface area contributed by atoms with E-state index in [2.05, 4.69) is 21.9 Å². The lowest BCUT2D eigenvalue weighted by Crippen LogP contribution is -2.34. The summed E-state index contributed by atoms with van der Waals surface area (Å²) in [5.41, 5.74) is 1.65. The molecule has 1 heterocycles. The standard InChI is InChI=1S/C27H26N6O3S/c1-4-14-29-25(35)22(16-28)27-33(5-2)26(36)23(37-27)17-30-19-10-9-11-20(15-19)31-24(34)18-32(3)21-12-7-6-8-13-21/h1,6-13,15,17,30H,5,14,18H2,2-3H3,(H,29,35)(H,31,34). The quantitative estimate of drug-likeness (QED) is 0.370. The molecule has 0 bridgehead atoms. The molecule has 0 saturated heterocycles. The first-order valence-corrected chi connectivity index (χ1v) is 12.2. The van der Waals surface area contributed by atoms with Gasteiger partial charge in [-0.25, -0.2) is 0 Å². The minimum absolute atomic E-state index is 0.0261. The number of likely N-dealkylation sites (N-methyl/N-ethyl adjacent to an activating group) is 1. The average molecular weight is 515 g/mol. The van der Waals surface area contributed by atoms with Gasteiger partial charge >= 0.3 is 0 Å². The number of aromatic nitrogens is 1. The van der Waals surface area contributed by atoms with E-state index in [0.29, 0.717) is 15.9 Å². The van der Waals surface area contributed by atoms with E-state index >= 15 is 0 Å². The topological polar surface area (TPSA) is 119 Å². The molecule has 188 valence electrons. The Balaban J connectivity index is 1.80. The lowest BCUT2D eigenvalue weighted by Gasteiger charge is -2.18. The van der Waals surface area contributed by atoms with Crippen LogP contribution in [0, 0.1) is 23.7 Å². The zero-order valence-corrected chi connectivity index (χ0v) is 21.3. The molecule has 3 N–H and O–H groups in total. The minimum atomic E-state index is -0.634. The molecule has 2 amide bonds. The van der Waals surface area contributed by atoms with Gasteiger partial charge in [-0.3, -0.25) is 19.0 Å². The van der Waals surface area contributed by atoms with Crippen molar-refractivity contribution < 1.29 is 9.59 Å². The number of benzene rings is 2. The van der Waals surface area contributed by atoms with Crippen molar-refractivity contribution in [2.24, 2.45) is 0 Å². The Kier molecular flexibility index (Phi) is 9.25. The van der Waals surface area contributed by atoms with E-state index in [4.69, 9.17) is 6.42 Å². The fourth-order valence-corrected chi connectivity index (χ4v) is 4.52. The molecular weight excluding hydrogens is 488 g/mol. The van der Waals surface area contributed by atoms with Gasteiger partial charge in [0.2, 0.25) is 5.91 Å². The van der Waals surface area contributed by atoms with Crippen molar-refractivity contribution in [1.29, 1.82) is 5.26 Å². The largest absolute Gasteiger partial charge is 0.365 e. The fraction of sp³-hybridized carbons (Fsp3) is 0.185. The van der Waals surface area contributed by atoms with Gasteiger partial charge in [-0.05, 0) is 37.3 Å². The van der Waals surface area contributed by atoms with Crippen molar-refractivity contribution >= 4 is 52.0 Å². The fourth-order valence-electron chi connectivity index (χ4n) is 3.43. The highest BCUT2D eigenvalue weighted by Gasteiger charge is 2.14. The molecule has 3 rings (SSSR count). The molecule has 0 atom stereocenters. The number of nitrogens with zero attached hydrogens (tertiary/aromatic N) is 3. The maximum absolute atomic E-state index is 12.9. The predicted molar refractivity (Wildman–Crippen MR) is 147 cm³/mol. The van der Waals surface area contributed by atoms with Crippen molar-refractivity contribution in [1.82, 2.24) is 9.88 Å². The summed E-state index contributed by atoms with van der Waals surface area (Å²) >= 11 is 1.03. The van der Waals surface area contributed by atoms with Gasteiger partial charge in [0, 0.05) is 36.9 Å². The molecule has 1 aromatic heterocycles. The minimum Gasteiger partial charge on any atom is -0.365 e. The average Bonchev–Trinajstić information content (AvgIpc) is 3.21. The maximum atomic E-state index is 12.9. The molecule has 0 spiro atoms. The van der Waals surface area contributed by atoms with Gasteiger partial charge in [0.05, 0.1) is 13.1 Å². The summed E-state index contributed by atoms with van der Waals surface area (Å²) in [4.78, 5) is 39.6. The van der Waals surface area contributed by atoms with Crippen molar-refractivity contribution in [3.05, 3.63) is 74.1 Å². The normalized spacial score (nSPS) is 11.6. The number of amides is 2. The second-order valence-electron chi connectivity index (χ2n) is 7.80. The molecule has 0 radical (unpaired) electrons. The molecule has 3 aromatic rings. The highest BCUT2D eigenvalue weighted by Crippen LogP contribution is 2.16. The van der Waals surface area contributed by atoms with E-state index < -0.39 is 5.91 Å². The number of anilines is 3. The molecular formula is C27H26N6O3S. The monoisotopic (exact) mass is 514 g/mol. The van der Waals surface area contributed by atoms with E-state index in [-0.39, 0.29) is 41.3 Å². The SMILES string of the molecule is C#CCNC(=O)C(C#N)=c1sc(=CNc2cccc(NC(=O)CN(C)c3ccccc3)c2)c(=O)n1CC. The third kappa shape index (κ3) is 6.88. The molecule has 10 heteroatoms. The van der Waals surface area contributed by atoms with Crippen LogP contribution in [-0.2, 0) is 16.1 Å². The van der Waals surface area contributed by atoms with Gasteiger partial charge in [-0.2, -0.15) is 5.26 Å². The number of hydrogen-bond donors (Lipinski definition) is 3. The molecule has 0 fully saturated rings. The Morgan fingerprint density at radius 2 is 1.89 bits per heavy atom. The Labute approximate surface area is 218 Å². The number of carbonyl (C=O) groups is 2. The number of hydrogen-bond acceptors (Lipinski definition) is 7. The van der Waals surface area contributed by atoms with Crippen LogP contribution in [0.2, 0.25) is 0 Å². The lowest BCUT2D eigenvalue weighted by molar-refractivity contribution is -0.116. The van der Waals surface area contributed by atoms with Crippen molar-refractivity contribution in [3.8, 4) is 18.4 Å². The maximum Gasteiger partial charge on any atom is 0.270 e. The van der Waals surface area contributed by atoms with E-state index in [1.807, 2.05) is 48.3 Å². The van der Waals surface area contributed by atoms with Crippen molar-refractivity contribution in [2.75, 3.05) is 35.7 Å². The number of para-hydroxylation sites is 1. The number of thiazole rings is 1. The molecule has 2 aromatic carbocycles. The van der Waals surface area contributed by atoms with E-state index in [1.54, 1.807) is 31.2 Å². The number of terminal acetylenes is 1. The Bertz CT molecular complexity index is 1540. The zero-order valence-electron chi connectivity index (χ0n) is 20.4. The van der Waals surface area contributed by atoms with Gasteiger partial charge in [0.25, 0.3) is 11.5 Å². The van der Waals surface area contributed by atoms with Gasteiger partial charge in [-0.1, -0.05) is 30.2 Å². The Morgan fingerprint density at radius 3 is 2.57 bits per heavy atom. The summed E-state index contributed by atoms with van der Waals surface area (Å²) in [6, 6.07) is 18.5. The molecule has 9 nitrogen and oxygen atoms in total. The smallest absolute Gasteiger partial charge is 0.270 e. The Hall–Kier alpha value is -4.80.